The number of nitriles is 1. The fourth-order valence-electron chi connectivity index (χ4n) is 4.62. The van der Waals surface area contributed by atoms with Gasteiger partial charge in [0.1, 0.15) is 11.9 Å². The van der Waals surface area contributed by atoms with Crippen LogP contribution >= 0.6 is 0 Å². The highest BCUT2D eigenvalue weighted by molar-refractivity contribution is 5.85. The van der Waals surface area contributed by atoms with Crippen molar-refractivity contribution < 1.29 is 0 Å². The summed E-state index contributed by atoms with van der Waals surface area (Å²) in [6, 6.07) is 14.6. The minimum atomic E-state index is 0.370. The van der Waals surface area contributed by atoms with Crippen LogP contribution in [0.15, 0.2) is 61.2 Å². The topological polar surface area (TPSA) is 91.7 Å². The summed E-state index contributed by atoms with van der Waals surface area (Å²) in [5, 5.41) is 9.56. The van der Waals surface area contributed by atoms with Crippen LogP contribution in [-0.2, 0) is 12.8 Å². The molecular weight excluding hydrogens is 432 g/mol. The van der Waals surface area contributed by atoms with Gasteiger partial charge in [-0.05, 0) is 79.8 Å². The Morgan fingerprint density at radius 1 is 1.14 bits per heavy atom. The number of piperidine rings is 1. The zero-order valence-corrected chi connectivity index (χ0v) is 20.7. The molecule has 0 aliphatic carbocycles. The van der Waals surface area contributed by atoms with Crippen molar-refractivity contribution in [3.05, 3.63) is 78.1 Å². The standard InChI is InChI=1S/C29H34N6/c1-21(2)6-7-23-16-27(29(34-19-23)25(17-30)18-31)24-8-9-28(33-20-24)35-13-10-22(11-14-35)15-26-5-3-4-12-32-26/h3-5,8-9,12,16-17,19-22H,6-7,10-11,13-15,30H2,1-2H3. The van der Waals surface area contributed by atoms with E-state index in [0.717, 1.165) is 67.7 Å². The number of nitrogens with two attached hydrogens (primary N) is 1. The molecule has 180 valence electrons. The SMILES string of the molecule is CC(C)CCc1cnc(C(C#N)=CN)c(-c2ccc(N3CCC(Cc4ccccn4)CC3)nc2)c1. The van der Waals surface area contributed by atoms with Gasteiger partial charge in [-0.15, -0.1) is 0 Å². The summed E-state index contributed by atoms with van der Waals surface area (Å²) in [6.45, 7) is 6.43. The first-order valence-corrected chi connectivity index (χ1v) is 12.5. The molecule has 1 fully saturated rings. The number of aryl methyl sites for hydroxylation is 1. The van der Waals surface area contributed by atoms with Gasteiger partial charge in [0.25, 0.3) is 0 Å². The number of pyridine rings is 3. The van der Waals surface area contributed by atoms with E-state index in [1.54, 1.807) is 0 Å². The van der Waals surface area contributed by atoms with Crippen molar-refractivity contribution in [3.63, 3.8) is 0 Å². The molecule has 1 aliphatic heterocycles. The highest BCUT2D eigenvalue weighted by atomic mass is 15.2. The van der Waals surface area contributed by atoms with Crippen LogP contribution in [0.1, 0.15) is 50.1 Å². The first-order chi connectivity index (χ1) is 17.1. The van der Waals surface area contributed by atoms with Crippen LogP contribution in [0, 0.1) is 23.2 Å². The van der Waals surface area contributed by atoms with Gasteiger partial charge >= 0.3 is 0 Å². The molecule has 0 spiro atoms. The number of aromatic nitrogens is 3. The molecule has 6 heteroatoms. The Labute approximate surface area is 208 Å². The quantitative estimate of drug-likeness (QED) is 0.446. The molecule has 1 aliphatic rings. The molecular formula is C29H34N6. The van der Waals surface area contributed by atoms with E-state index in [0.29, 0.717) is 23.1 Å². The molecule has 0 radical (unpaired) electrons. The summed E-state index contributed by atoms with van der Waals surface area (Å²) >= 11 is 0. The molecule has 0 aromatic carbocycles. The van der Waals surface area contributed by atoms with E-state index < -0.39 is 0 Å². The average Bonchev–Trinajstić information content (AvgIpc) is 2.90. The summed E-state index contributed by atoms with van der Waals surface area (Å²) in [5.74, 6) is 2.27. The molecule has 0 atom stereocenters. The van der Waals surface area contributed by atoms with E-state index in [1.165, 1.54) is 11.9 Å². The van der Waals surface area contributed by atoms with Crippen molar-refractivity contribution in [1.29, 1.82) is 5.26 Å². The summed E-state index contributed by atoms with van der Waals surface area (Å²) in [5.41, 5.74) is 10.9. The van der Waals surface area contributed by atoms with Gasteiger partial charge in [-0.3, -0.25) is 9.97 Å². The Kier molecular flexibility index (Phi) is 8.10. The maximum Gasteiger partial charge on any atom is 0.128 e. The number of hydrogen-bond acceptors (Lipinski definition) is 6. The van der Waals surface area contributed by atoms with Gasteiger partial charge < -0.3 is 10.6 Å². The van der Waals surface area contributed by atoms with E-state index in [9.17, 15) is 5.26 Å². The van der Waals surface area contributed by atoms with Gasteiger partial charge in [-0.2, -0.15) is 5.26 Å². The van der Waals surface area contributed by atoms with Crippen LogP contribution in [0.4, 0.5) is 5.82 Å². The fourth-order valence-corrected chi connectivity index (χ4v) is 4.62. The van der Waals surface area contributed by atoms with Gasteiger partial charge in [-0.1, -0.05) is 19.9 Å². The molecule has 0 amide bonds. The molecule has 4 rings (SSSR count). The number of rotatable bonds is 8. The molecule has 6 nitrogen and oxygen atoms in total. The van der Waals surface area contributed by atoms with Crippen molar-refractivity contribution in [2.24, 2.45) is 17.6 Å². The fraction of sp³-hybridized carbons (Fsp3) is 0.379. The number of nitrogens with zero attached hydrogens (tertiary/aromatic N) is 5. The Balaban J connectivity index is 1.49. The zero-order chi connectivity index (χ0) is 24.6. The Hall–Kier alpha value is -3.72. The normalized spacial score (nSPS) is 14.8. The number of anilines is 1. The van der Waals surface area contributed by atoms with Gasteiger partial charge in [0.2, 0.25) is 0 Å². The smallest absolute Gasteiger partial charge is 0.128 e. The van der Waals surface area contributed by atoms with Crippen LogP contribution in [0.25, 0.3) is 16.7 Å². The summed E-state index contributed by atoms with van der Waals surface area (Å²) in [6.07, 6.45) is 12.3. The van der Waals surface area contributed by atoms with Crippen LogP contribution in [0.2, 0.25) is 0 Å². The van der Waals surface area contributed by atoms with Gasteiger partial charge in [0.15, 0.2) is 0 Å². The third kappa shape index (κ3) is 6.24. The monoisotopic (exact) mass is 466 g/mol. The van der Waals surface area contributed by atoms with E-state index in [4.69, 9.17) is 10.7 Å². The predicted molar refractivity (Wildman–Crippen MR) is 141 cm³/mol. The predicted octanol–water partition coefficient (Wildman–Crippen LogP) is 5.41. The second kappa shape index (κ2) is 11.6. The maximum absolute atomic E-state index is 9.56. The molecule has 1 saturated heterocycles. The third-order valence-electron chi connectivity index (χ3n) is 6.72. The van der Waals surface area contributed by atoms with Crippen molar-refractivity contribution in [2.75, 3.05) is 18.0 Å². The molecule has 3 aromatic rings. The molecule has 35 heavy (non-hydrogen) atoms. The first-order valence-electron chi connectivity index (χ1n) is 12.5. The lowest BCUT2D eigenvalue weighted by molar-refractivity contribution is 0.399. The third-order valence-corrected chi connectivity index (χ3v) is 6.72. The van der Waals surface area contributed by atoms with Gasteiger partial charge in [0, 0.05) is 54.7 Å². The van der Waals surface area contributed by atoms with Crippen LogP contribution < -0.4 is 10.6 Å². The van der Waals surface area contributed by atoms with E-state index >= 15 is 0 Å². The molecule has 0 saturated carbocycles. The summed E-state index contributed by atoms with van der Waals surface area (Å²) < 4.78 is 0. The number of allylic oxidation sites excluding steroid dienone is 1. The lowest BCUT2D eigenvalue weighted by atomic mass is 9.92. The van der Waals surface area contributed by atoms with E-state index in [1.807, 2.05) is 24.7 Å². The van der Waals surface area contributed by atoms with Crippen LogP contribution in [0.3, 0.4) is 0 Å². The minimum Gasteiger partial charge on any atom is -0.403 e. The number of hydrogen-bond donors (Lipinski definition) is 1. The lowest BCUT2D eigenvalue weighted by Crippen LogP contribution is -2.34. The van der Waals surface area contributed by atoms with Crippen molar-refractivity contribution >= 4 is 11.4 Å². The largest absolute Gasteiger partial charge is 0.403 e. The second-order valence-electron chi connectivity index (χ2n) is 9.73. The molecule has 0 unspecified atom stereocenters. The summed E-state index contributed by atoms with van der Waals surface area (Å²) in [4.78, 5) is 16.3. The Morgan fingerprint density at radius 2 is 1.97 bits per heavy atom. The molecule has 4 heterocycles. The first kappa shape index (κ1) is 24.4. The van der Waals surface area contributed by atoms with Crippen molar-refractivity contribution in [2.45, 2.75) is 46.0 Å². The summed E-state index contributed by atoms with van der Waals surface area (Å²) in [7, 11) is 0. The molecule has 3 aromatic heterocycles. The minimum absolute atomic E-state index is 0.370. The highest BCUT2D eigenvalue weighted by Gasteiger charge is 2.21. The Bertz CT molecular complexity index is 1170. The van der Waals surface area contributed by atoms with Gasteiger partial charge in [0.05, 0.1) is 11.3 Å². The average molecular weight is 467 g/mol. The molecule has 2 N–H and O–H groups in total. The second-order valence-corrected chi connectivity index (χ2v) is 9.73. The van der Waals surface area contributed by atoms with Crippen LogP contribution in [0.5, 0.6) is 0 Å². The van der Waals surface area contributed by atoms with E-state index in [2.05, 4.69) is 65.1 Å². The van der Waals surface area contributed by atoms with Gasteiger partial charge in [-0.25, -0.2) is 4.98 Å². The Morgan fingerprint density at radius 3 is 2.60 bits per heavy atom. The lowest BCUT2D eigenvalue weighted by Gasteiger charge is -2.32. The van der Waals surface area contributed by atoms with E-state index in [-0.39, 0.29) is 0 Å². The maximum atomic E-state index is 9.56. The van der Waals surface area contributed by atoms with Crippen molar-refractivity contribution in [3.8, 4) is 17.2 Å². The zero-order valence-electron chi connectivity index (χ0n) is 20.7. The van der Waals surface area contributed by atoms with Crippen LogP contribution in [-0.4, -0.2) is 28.0 Å². The highest BCUT2D eigenvalue weighted by Crippen LogP contribution is 2.30. The molecule has 0 bridgehead atoms. The van der Waals surface area contributed by atoms with Crippen molar-refractivity contribution in [1.82, 2.24) is 15.0 Å².